The first-order chi connectivity index (χ1) is 25.4. The number of nitrogens with one attached hydrogen (secondary N) is 2. The Morgan fingerprint density at radius 1 is 0.558 bits per heavy atom. The molecule has 2 amide bonds. The Labute approximate surface area is 317 Å². The number of rotatable bonds is 6. The normalized spacial score (nSPS) is 20.6. The quantitative estimate of drug-likeness (QED) is 0.168. The molecule has 0 saturated carbocycles. The fourth-order valence-corrected chi connectivity index (χ4v) is 8.86. The predicted octanol–water partition coefficient (Wildman–Crippen LogP) is 9.26. The number of nitrogens with zero attached hydrogens (tertiary/aromatic N) is 4. The van der Waals surface area contributed by atoms with Crippen LogP contribution in [0.4, 0.5) is 11.4 Å². The molecule has 4 heterocycles. The Balaban J connectivity index is 0.983. The van der Waals surface area contributed by atoms with Crippen molar-refractivity contribution >= 4 is 93.7 Å². The SMILES string of the molecule is O=C1C(=Cc2ccc(Cl)cc2)N=C(c2ccccc2)N1C1Nc2cc3c(cc2S1)NC(N1C(=O)C(=Cc2ccc(Cl)cc2)N=C1c1ccccc1)S3. The van der Waals surface area contributed by atoms with E-state index < -0.39 is 11.0 Å². The molecular weight excluding hydrogens is 732 g/mol. The molecule has 0 aromatic heterocycles. The maximum Gasteiger partial charge on any atom is 0.280 e. The summed E-state index contributed by atoms with van der Waals surface area (Å²) in [5.74, 6) is 0.752. The fraction of sp³-hybridized carbons (Fsp3) is 0.0500. The van der Waals surface area contributed by atoms with Gasteiger partial charge in [0.25, 0.3) is 11.8 Å². The Morgan fingerprint density at radius 2 is 0.942 bits per heavy atom. The van der Waals surface area contributed by atoms with Gasteiger partial charge in [-0.05, 0) is 59.7 Å². The third-order valence-electron chi connectivity index (χ3n) is 8.78. The second-order valence-corrected chi connectivity index (χ2v) is 15.3. The molecule has 0 aliphatic carbocycles. The van der Waals surface area contributed by atoms with Gasteiger partial charge < -0.3 is 10.6 Å². The summed E-state index contributed by atoms with van der Waals surface area (Å²) < 4.78 is 0. The minimum Gasteiger partial charge on any atom is -0.355 e. The van der Waals surface area contributed by atoms with Crippen molar-refractivity contribution in [2.45, 2.75) is 20.8 Å². The van der Waals surface area contributed by atoms with Gasteiger partial charge in [-0.2, -0.15) is 0 Å². The summed E-state index contributed by atoms with van der Waals surface area (Å²) in [4.78, 5) is 43.1. The number of thioether (sulfide) groups is 2. The maximum absolute atomic E-state index is 14.0. The lowest BCUT2D eigenvalue weighted by atomic mass is 10.2. The largest absolute Gasteiger partial charge is 0.355 e. The third-order valence-corrected chi connectivity index (χ3v) is 11.6. The van der Waals surface area contributed by atoms with Crippen LogP contribution in [0.3, 0.4) is 0 Å². The van der Waals surface area contributed by atoms with Gasteiger partial charge in [0.2, 0.25) is 0 Å². The van der Waals surface area contributed by atoms with Gasteiger partial charge in [-0.15, -0.1) is 0 Å². The van der Waals surface area contributed by atoms with Crippen LogP contribution in [0.25, 0.3) is 12.2 Å². The summed E-state index contributed by atoms with van der Waals surface area (Å²) >= 11 is 15.3. The number of anilines is 2. The van der Waals surface area contributed by atoms with E-state index in [4.69, 9.17) is 33.2 Å². The predicted molar refractivity (Wildman–Crippen MR) is 211 cm³/mol. The number of amides is 2. The van der Waals surface area contributed by atoms with Crippen LogP contribution in [-0.2, 0) is 9.59 Å². The molecule has 2 unspecified atom stereocenters. The number of carbonyl (C=O) groups excluding carboxylic acids is 2. The van der Waals surface area contributed by atoms with Crippen LogP contribution in [0.1, 0.15) is 22.3 Å². The van der Waals surface area contributed by atoms with Gasteiger partial charge in [-0.1, -0.05) is 132 Å². The van der Waals surface area contributed by atoms with E-state index in [1.807, 2.05) is 84.9 Å². The molecule has 4 aliphatic rings. The van der Waals surface area contributed by atoms with Crippen LogP contribution >= 0.6 is 46.7 Å². The lowest BCUT2D eigenvalue weighted by Gasteiger charge is -2.25. The second-order valence-electron chi connectivity index (χ2n) is 12.2. The number of carbonyl (C=O) groups is 2. The van der Waals surface area contributed by atoms with E-state index in [2.05, 4.69) is 22.8 Å². The molecule has 0 fully saturated rings. The highest BCUT2D eigenvalue weighted by Gasteiger charge is 2.43. The highest BCUT2D eigenvalue weighted by atomic mass is 35.5. The van der Waals surface area contributed by atoms with E-state index in [1.165, 1.54) is 0 Å². The lowest BCUT2D eigenvalue weighted by Crippen LogP contribution is -2.42. The molecule has 2 N–H and O–H groups in total. The van der Waals surface area contributed by atoms with E-state index in [9.17, 15) is 9.59 Å². The molecule has 8 nitrogen and oxygen atoms in total. The van der Waals surface area contributed by atoms with Crippen LogP contribution in [0.15, 0.2) is 152 Å². The van der Waals surface area contributed by atoms with Crippen molar-refractivity contribution in [2.75, 3.05) is 10.6 Å². The molecule has 52 heavy (non-hydrogen) atoms. The van der Waals surface area contributed by atoms with E-state index in [0.717, 1.165) is 43.4 Å². The highest BCUT2D eigenvalue weighted by Crippen LogP contribution is 2.50. The van der Waals surface area contributed by atoms with Crippen molar-refractivity contribution in [2.24, 2.45) is 9.98 Å². The van der Waals surface area contributed by atoms with E-state index in [1.54, 1.807) is 69.7 Å². The highest BCUT2D eigenvalue weighted by molar-refractivity contribution is 8.01. The first-order valence-corrected chi connectivity index (χ1v) is 18.8. The number of halogens is 2. The molecular formula is C40H26Cl2N6O2S2. The van der Waals surface area contributed by atoms with E-state index in [0.29, 0.717) is 33.1 Å². The Bertz CT molecular complexity index is 2180. The molecule has 5 aromatic carbocycles. The molecule has 0 bridgehead atoms. The monoisotopic (exact) mass is 756 g/mol. The summed E-state index contributed by atoms with van der Waals surface area (Å²) in [6.07, 6.45) is 3.57. The minimum absolute atomic E-state index is 0.200. The van der Waals surface area contributed by atoms with Crippen LogP contribution in [0, 0.1) is 0 Å². The molecule has 2 atom stereocenters. The van der Waals surface area contributed by atoms with Crippen molar-refractivity contribution < 1.29 is 9.59 Å². The van der Waals surface area contributed by atoms with Gasteiger partial charge in [0, 0.05) is 31.0 Å². The molecule has 0 radical (unpaired) electrons. The average Bonchev–Trinajstić information content (AvgIpc) is 3.92. The van der Waals surface area contributed by atoms with Gasteiger partial charge in [0.1, 0.15) is 23.1 Å². The second kappa shape index (κ2) is 13.4. The molecule has 0 spiro atoms. The summed E-state index contributed by atoms with van der Waals surface area (Å²) in [5.41, 5.74) is 4.96. The van der Waals surface area contributed by atoms with Crippen LogP contribution in [0.2, 0.25) is 10.0 Å². The standard InChI is InChI=1S/C40H26Cl2N6O2S2/c41-27-15-11-23(12-16-27)19-31-37(49)47(35(43-31)25-7-3-1-4-8-25)39-45-29-21-34-30(22-33(29)51-39)46-40(52-34)48-36(26-9-5-2-6-10-26)44-32(38(48)50)20-24-13-17-28(42)18-14-24/h1-22,39-40,45-46H. The first-order valence-electron chi connectivity index (χ1n) is 16.3. The number of benzene rings is 5. The van der Waals surface area contributed by atoms with Crippen molar-refractivity contribution in [1.82, 2.24) is 9.80 Å². The Hall–Kier alpha value is -5.26. The van der Waals surface area contributed by atoms with Gasteiger partial charge >= 0.3 is 0 Å². The van der Waals surface area contributed by atoms with Crippen molar-refractivity contribution in [3.05, 3.63) is 165 Å². The topological polar surface area (TPSA) is 89.4 Å². The zero-order chi connectivity index (χ0) is 35.3. The molecule has 12 heteroatoms. The van der Waals surface area contributed by atoms with Crippen molar-refractivity contribution in [3.8, 4) is 0 Å². The lowest BCUT2D eigenvalue weighted by molar-refractivity contribution is -0.123. The molecule has 9 rings (SSSR count). The molecule has 254 valence electrons. The molecule has 4 aliphatic heterocycles. The summed E-state index contributed by atoms with van der Waals surface area (Å²) in [6.45, 7) is 0. The van der Waals surface area contributed by atoms with Gasteiger partial charge in [0.15, 0.2) is 11.0 Å². The summed E-state index contributed by atoms with van der Waals surface area (Å²) in [5, 5.41) is 8.39. The average molecular weight is 758 g/mol. The van der Waals surface area contributed by atoms with Gasteiger partial charge in [-0.3, -0.25) is 19.4 Å². The maximum atomic E-state index is 14.0. The number of hydrogen-bond acceptors (Lipinski definition) is 8. The van der Waals surface area contributed by atoms with Crippen LogP contribution in [-0.4, -0.2) is 44.3 Å². The smallest absolute Gasteiger partial charge is 0.280 e. The van der Waals surface area contributed by atoms with Crippen molar-refractivity contribution in [1.29, 1.82) is 0 Å². The van der Waals surface area contributed by atoms with E-state index in [-0.39, 0.29) is 11.8 Å². The number of amidine groups is 2. The first kappa shape index (κ1) is 32.6. The Morgan fingerprint density at radius 3 is 1.33 bits per heavy atom. The molecule has 0 saturated heterocycles. The van der Waals surface area contributed by atoms with Crippen LogP contribution < -0.4 is 10.6 Å². The summed E-state index contributed by atoms with van der Waals surface area (Å²) in [6, 6.07) is 38.2. The van der Waals surface area contributed by atoms with Crippen LogP contribution in [0.5, 0.6) is 0 Å². The van der Waals surface area contributed by atoms with Gasteiger partial charge in [-0.25, -0.2) is 9.98 Å². The van der Waals surface area contributed by atoms with Gasteiger partial charge in [0.05, 0.1) is 11.4 Å². The fourth-order valence-electron chi connectivity index (χ4n) is 6.29. The zero-order valence-corrected chi connectivity index (χ0v) is 30.2. The zero-order valence-electron chi connectivity index (χ0n) is 27.0. The minimum atomic E-state index is -0.432. The summed E-state index contributed by atoms with van der Waals surface area (Å²) in [7, 11) is 0. The number of aliphatic imine (C=N–C) groups is 2. The number of fused-ring (bicyclic) bond motifs is 2. The number of hydrogen-bond donors (Lipinski definition) is 2. The van der Waals surface area contributed by atoms with E-state index >= 15 is 0 Å². The van der Waals surface area contributed by atoms with Crippen molar-refractivity contribution in [3.63, 3.8) is 0 Å². The third kappa shape index (κ3) is 6.07. The molecule has 5 aromatic rings. The Kier molecular flexibility index (Phi) is 8.39.